The number of benzene rings is 2. The number of anilines is 1. The number of hydrogen-bond donors (Lipinski definition) is 1. The van der Waals surface area contributed by atoms with Gasteiger partial charge in [-0.3, -0.25) is 4.98 Å². The van der Waals surface area contributed by atoms with Crippen molar-refractivity contribution in [3.8, 4) is 17.1 Å². The maximum Gasteiger partial charge on any atom is 0.142 e. The molecule has 28 heavy (non-hydrogen) atoms. The van der Waals surface area contributed by atoms with Crippen molar-refractivity contribution in [1.29, 1.82) is 0 Å². The average molecular weight is 372 g/mol. The van der Waals surface area contributed by atoms with E-state index in [1.807, 2.05) is 30.6 Å². The van der Waals surface area contributed by atoms with E-state index in [1.165, 1.54) is 32.1 Å². The monoisotopic (exact) mass is 372 g/mol. The molecule has 1 N–H and O–H groups in total. The Morgan fingerprint density at radius 1 is 1.00 bits per heavy atom. The number of rotatable bonds is 4. The Morgan fingerprint density at radius 3 is 2.68 bits per heavy atom. The number of hydrogen-bond acceptors (Lipinski definition) is 4. The van der Waals surface area contributed by atoms with Gasteiger partial charge in [0, 0.05) is 34.8 Å². The van der Waals surface area contributed by atoms with Crippen molar-refractivity contribution < 1.29 is 9.15 Å². The van der Waals surface area contributed by atoms with Gasteiger partial charge in [-0.25, -0.2) is 0 Å². The van der Waals surface area contributed by atoms with Crippen LogP contribution in [0.1, 0.15) is 32.1 Å². The molecule has 2 aromatic carbocycles. The van der Waals surface area contributed by atoms with Gasteiger partial charge in [0.2, 0.25) is 0 Å². The Hall–Kier alpha value is -3.01. The minimum atomic E-state index is 0.511. The second-order valence-electron chi connectivity index (χ2n) is 7.59. The number of nitrogens with zero attached hydrogens (tertiary/aromatic N) is 1. The lowest BCUT2D eigenvalue weighted by molar-refractivity contribution is 0.413. The highest BCUT2D eigenvalue weighted by atomic mass is 16.5. The molecule has 1 aliphatic rings. The van der Waals surface area contributed by atoms with E-state index in [1.54, 1.807) is 7.11 Å². The molecule has 2 heterocycles. The Labute approximate surface area is 164 Å². The van der Waals surface area contributed by atoms with Gasteiger partial charge in [0.25, 0.3) is 0 Å². The Bertz CT molecular complexity index is 1090. The Kier molecular flexibility index (Phi) is 4.40. The third kappa shape index (κ3) is 3.09. The lowest BCUT2D eigenvalue weighted by Crippen LogP contribution is -2.22. The highest BCUT2D eigenvalue weighted by Gasteiger charge is 2.17. The van der Waals surface area contributed by atoms with Gasteiger partial charge in [-0.05, 0) is 42.5 Å². The topological polar surface area (TPSA) is 47.3 Å². The number of para-hydroxylation sites is 1. The molecular formula is C24H24N2O2. The molecular weight excluding hydrogens is 348 g/mol. The molecule has 5 rings (SSSR count). The molecule has 1 aliphatic carbocycles. The van der Waals surface area contributed by atoms with Crippen LogP contribution < -0.4 is 10.1 Å². The molecule has 0 aliphatic heterocycles. The fraction of sp³-hybridized carbons (Fsp3) is 0.292. The summed E-state index contributed by atoms with van der Waals surface area (Å²) in [5, 5.41) is 6.99. The van der Waals surface area contributed by atoms with Crippen LogP contribution in [0.15, 0.2) is 59.3 Å². The molecule has 0 saturated heterocycles. The first-order chi connectivity index (χ1) is 13.8. The molecule has 0 spiro atoms. The van der Waals surface area contributed by atoms with Crippen molar-refractivity contribution in [2.75, 3.05) is 12.4 Å². The van der Waals surface area contributed by atoms with Crippen LogP contribution in [0.25, 0.3) is 33.1 Å². The molecule has 0 bridgehead atoms. The predicted octanol–water partition coefficient (Wildman–Crippen LogP) is 6.40. The molecule has 0 atom stereocenters. The second kappa shape index (κ2) is 7.19. The molecule has 4 nitrogen and oxygen atoms in total. The maximum absolute atomic E-state index is 6.12. The van der Waals surface area contributed by atoms with E-state index in [4.69, 9.17) is 9.15 Å². The minimum Gasteiger partial charge on any atom is -0.495 e. The smallest absolute Gasteiger partial charge is 0.142 e. The summed E-state index contributed by atoms with van der Waals surface area (Å²) < 4.78 is 11.8. The predicted molar refractivity (Wildman–Crippen MR) is 114 cm³/mol. The van der Waals surface area contributed by atoms with Gasteiger partial charge in [-0.2, -0.15) is 0 Å². The van der Waals surface area contributed by atoms with Crippen molar-refractivity contribution in [2.24, 2.45) is 0 Å². The van der Waals surface area contributed by atoms with E-state index in [9.17, 15) is 0 Å². The summed E-state index contributed by atoms with van der Waals surface area (Å²) in [6.07, 6.45) is 10.1. The molecule has 142 valence electrons. The first-order valence-corrected chi connectivity index (χ1v) is 10.0. The summed E-state index contributed by atoms with van der Waals surface area (Å²) >= 11 is 0. The molecule has 4 aromatic rings. The maximum atomic E-state index is 6.12. The van der Waals surface area contributed by atoms with E-state index in [0.717, 1.165) is 44.5 Å². The van der Waals surface area contributed by atoms with Crippen LogP contribution in [-0.2, 0) is 0 Å². The van der Waals surface area contributed by atoms with Gasteiger partial charge in [0.15, 0.2) is 0 Å². The molecule has 0 amide bonds. The zero-order chi connectivity index (χ0) is 18.9. The molecule has 1 fully saturated rings. The SMILES string of the molecule is COc1cc2cncc(-c3cc4ccccc4o3)c2cc1NC1CCCCC1. The van der Waals surface area contributed by atoms with E-state index in [-0.39, 0.29) is 0 Å². The van der Waals surface area contributed by atoms with Crippen molar-refractivity contribution in [3.05, 3.63) is 54.9 Å². The number of furan rings is 1. The fourth-order valence-electron chi connectivity index (χ4n) is 4.26. The van der Waals surface area contributed by atoms with Crippen LogP contribution in [0.5, 0.6) is 5.75 Å². The first kappa shape index (κ1) is 17.1. The van der Waals surface area contributed by atoms with Crippen molar-refractivity contribution in [2.45, 2.75) is 38.1 Å². The molecule has 0 radical (unpaired) electrons. The minimum absolute atomic E-state index is 0.511. The summed E-state index contributed by atoms with van der Waals surface area (Å²) in [7, 11) is 1.73. The van der Waals surface area contributed by atoms with Gasteiger partial charge >= 0.3 is 0 Å². The van der Waals surface area contributed by atoms with Crippen molar-refractivity contribution >= 4 is 27.4 Å². The van der Waals surface area contributed by atoms with Crippen molar-refractivity contribution in [3.63, 3.8) is 0 Å². The lowest BCUT2D eigenvalue weighted by Gasteiger charge is -2.25. The van der Waals surface area contributed by atoms with Gasteiger partial charge < -0.3 is 14.5 Å². The van der Waals surface area contributed by atoms with Crippen LogP contribution in [0.4, 0.5) is 5.69 Å². The van der Waals surface area contributed by atoms with Gasteiger partial charge in [0.1, 0.15) is 17.1 Å². The Morgan fingerprint density at radius 2 is 1.86 bits per heavy atom. The van der Waals surface area contributed by atoms with Crippen LogP contribution in [-0.4, -0.2) is 18.1 Å². The summed E-state index contributed by atoms with van der Waals surface area (Å²) in [6, 6.07) is 14.9. The van der Waals surface area contributed by atoms with E-state index in [0.29, 0.717) is 6.04 Å². The highest BCUT2D eigenvalue weighted by molar-refractivity contribution is 5.99. The van der Waals surface area contributed by atoms with Crippen LogP contribution in [0.2, 0.25) is 0 Å². The number of nitrogens with one attached hydrogen (secondary N) is 1. The Balaban J connectivity index is 1.62. The third-order valence-electron chi connectivity index (χ3n) is 5.73. The van der Waals surface area contributed by atoms with E-state index in [2.05, 4.69) is 34.6 Å². The van der Waals surface area contributed by atoms with Gasteiger partial charge in [-0.15, -0.1) is 0 Å². The largest absolute Gasteiger partial charge is 0.495 e. The van der Waals surface area contributed by atoms with E-state index < -0.39 is 0 Å². The standard InChI is InChI=1S/C24H24N2O2/c1-27-24-12-17-14-25-15-20(23-11-16-7-5-6-10-22(16)28-23)19(17)13-21(24)26-18-8-3-2-4-9-18/h5-7,10-15,18,26H,2-4,8-9H2,1H3. The zero-order valence-electron chi connectivity index (χ0n) is 16.1. The van der Waals surface area contributed by atoms with Crippen LogP contribution in [0, 0.1) is 0 Å². The van der Waals surface area contributed by atoms with Gasteiger partial charge in [0.05, 0.1) is 12.8 Å². The van der Waals surface area contributed by atoms with Gasteiger partial charge in [-0.1, -0.05) is 37.5 Å². The summed E-state index contributed by atoms with van der Waals surface area (Å²) in [5.41, 5.74) is 2.94. The zero-order valence-corrected chi connectivity index (χ0v) is 16.1. The normalized spacial score (nSPS) is 15.2. The summed E-state index contributed by atoms with van der Waals surface area (Å²) in [5.74, 6) is 1.70. The summed E-state index contributed by atoms with van der Waals surface area (Å²) in [6.45, 7) is 0. The molecule has 2 aromatic heterocycles. The number of ether oxygens (including phenoxy) is 1. The first-order valence-electron chi connectivity index (χ1n) is 10.0. The number of pyridine rings is 1. The number of aromatic nitrogens is 1. The lowest BCUT2D eigenvalue weighted by atomic mass is 9.95. The molecule has 0 unspecified atom stereocenters. The molecule has 1 saturated carbocycles. The summed E-state index contributed by atoms with van der Waals surface area (Å²) in [4.78, 5) is 4.44. The fourth-order valence-corrected chi connectivity index (χ4v) is 4.26. The number of methoxy groups -OCH3 is 1. The van der Waals surface area contributed by atoms with Crippen molar-refractivity contribution in [1.82, 2.24) is 4.98 Å². The van der Waals surface area contributed by atoms with E-state index >= 15 is 0 Å². The number of fused-ring (bicyclic) bond motifs is 2. The highest BCUT2D eigenvalue weighted by Crippen LogP contribution is 2.38. The van der Waals surface area contributed by atoms with Crippen LogP contribution >= 0.6 is 0 Å². The second-order valence-corrected chi connectivity index (χ2v) is 7.59. The average Bonchev–Trinajstić information content (AvgIpc) is 3.17. The quantitative estimate of drug-likeness (QED) is 0.450. The molecule has 4 heteroatoms. The third-order valence-corrected chi connectivity index (χ3v) is 5.73. The van der Waals surface area contributed by atoms with Crippen LogP contribution in [0.3, 0.4) is 0 Å².